The van der Waals surface area contributed by atoms with E-state index in [4.69, 9.17) is 9.84 Å². The zero-order valence-corrected chi connectivity index (χ0v) is 8.66. The SMILES string of the molecule is CC(=O)Oc1cc(F)cc(C(C)CO)c1. The Bertz CT molecular complexity index is 363. The lowest BCUT2D eigenvalue weighted by Crippen LogP contribution is -2.04. The van der Waals surface area contributed by atoms with Crippen LogP contribution >= 0.6 is 0 Å². The van der Waals surface area contributed by atoms with E-state index in [-0.39, 0.29) is 18.3 Å². The van der Waals surface area contributed by atoms with Gasteiger partial charge in [-0.15, -0.1) is 0 Å². The zero-order chi connectivity index (χ0) is 11.4. The highest BCUT2D eigenvalue weighted by Gasteiger charge is 2.09. The number of hydrogen-bond acceptors (Lipinski definition) is 3. The Hall–Kier alpha value is -1.42. The maximum absolute atomic E-state index is 13.1. The van der Waals surface area contributed by atoms with Crippen LogP contribution in [0.2, 0.25) is 0 Å². The molecule has 0 saturated carbocycles. The number of hydrogen-bond donors (Lipinski definition) is 1. The van der Waals surface area contributed by atoms with Crippen molar-refractivity contribution in [2.24, 2.45) is 0 Å². The Labute approximate surface area is 87.5 Å². The van der Waals surface area contributed by atoms with Crippen LogP contribution in [-0.2, 0) is 4.79 Å². The van der Waals surface area contributed by atoms with E-state index in [1.54, 1.807) is 13.0 Å². The number of benzene rings is 1. The van der Waals surface area contributed by atoms with Crippen molar-refractivity contribution < 1.29 is 19.0 Å². The number of carbonyl (C=O) groups excluding carboxylic acids is 1. The predicted molar refractivity (Wildman–Crippen MR) is 53.2 cm³/mol. The summed E-state index contributed by atoms with van der Waals surface area (Å²) in [6.45, 7) is 2.93. The molecular weight excluding hydrogens is 199 g/mol. The Kier molecular flexibility index (Phi) is 3.80. The molecule has 1 N–H and O–H groups in total. The van der Waals surface area contributed by atoms with Crippen LogP contribution < -0.4 is 4.74 Å². The van der Waals surface area contributed by atoms with Gasteiger partial charge in [0, 0.05) is 25.5 Å². The van der Waals surface area contributed by atoms with Crippen LogP contribution in [0.4, 0.5) is 4.39 Å². The third-order valence-electron chi connectivity index (χ3n) is 2.00. The second kappa shape index (κ2) is 4.89. The number of carbonyl (C=O) groups is 1. The largest absolute Gasteiger partial charge is 0.427 e. The number of aliphatic hydroxyl groups excluding tert-OH is 1. The van der Waals surface area contributed by atoms with Gasteiger partial charge < -0.3 is 9.84 Å². The summed E-state index contributed by atoms with van der Waals surface area (Å²) in [6.07, 6.45) is 0. The lowest BCUT2D eigenvalue weighted by atomic mass is 10.0. The molecule has 1 aromatic rings. The molecule has 0 heterocycles. The Morgan fingerprint density at radius 2 is 2.20 bits per heavy atom. The fourth-order valence-electron chi connectivity index (χ4n) is 1.20. The molecule has 0 amide bonds. The molecule has 4 heteroatoms. The van der Waals surface area contributed by atoms with Crippen molar-refractivity contribution in [3.8, 4) is 5.75 Å². The number of halogens is 1. The van der Waals surface area contributed by atoms with E-state index in [9.17, 15) is 9.18 Å². The molecule has 1 rings (SSSR count). The van der Waals surface area contributed by atoms with Crippen molar-refractivity contribution in [3.05, 3.63) is 29.6 Å². The average Bonchev–Trinajstić information content (AvgIpc) is 2.14. The Balaban J connectivity index is 2.99. The number of ether oxygens (including phenoxy) is 1. The minimum absolute atomic E-state index is 0.0804. The molecule has 82 valence electrons. The fraction of sp³-hybridized carbons (Fsp3) is 0.364. The standard InChI is InChI=1S/C11H13FO3/c1-7(6-13)9-3-10(12)5-11(4-9)15-8(2)14/h3-5,7,13H,6H2,1-2H3. The summed E-state index contributed by atoms with van der Waals surface area (Å²) in [5.74, 6) is -1.000. The molecule has 15 heavy (non-hydrogen) atoms. The third kappa shape index (κ3) is 3.32. The summed E-state index contributed by atoms with van der Waals surface area (Å²) in [7, 11) is 0. The third-order valence-corrected chi connectivity index (χ3v) is 2.00. The fourth-order valence-corrected chi connectivity index (χ4v) is 1.20. The summed E-state index contributed by atoms with van der Waals surface area (Å²) < 4.78 is 17.9. The van der Waals surface area contributed by atoms with Crippen molar-refractivity contribution in [1.29, 1.82) is 0 Å². The number of rotatable bonds is 3. The molecule has 3 nitrogen and oxygen atoms in total. The van der Waals surface area contributed by atoms with Crippen molar-refractivity contribution in [1.82, 2.24) is 0 Å². The molecular formula is C11H13FO3. The van der Waals surface area contributed by atoms with Gasteiger partial charge in [0.15, 0.2) is 0 Å². The van der Waals surface area contributed by atoms with Crippen molar-refractivity contribution in [3.63, 3.8) is 0 Å². The molecule has 0 aliphatic heterocycles. The van der Waals surface area contributed by atoms with Crippen LogP contribution in [0.15, 0.2) is 18.2 Å². The van der Waals surface area contributed by atoms with Gasteiger partial charge in [-0.25, -0.2) is 4.39 Å². The molecule has 0 bridgehead atoms. The van der Waals surface area contributed by atoms with Gasteiger partial charge >= 0.3 is 5.97 Å². The molecule has 0 saturated heterocycles. The summed E-state index contributed by atoms with van der Waals surface area (Å²) in [5.41, 5.74) is 0.605. The van der Waals surface area contributed by atoms with Crippen molar-refractivity contribution >= 4 is 5.97 Å². The second-order valence-electron chi connectivity index (χ2n) is 3.40. The summed E-state index contributed by atoms with van der Waals surface area (Å²) in [5, 5.41) is 8.92. The zero-order valence-electron chi connectivity index (χ0n) is 8.66. The molecule has 0 aliphatic carbocycles. The first kappa shape index (κ1) is 11.7. The molecule has 1 unspecified atom stereocenters. The molecule has 0 fully saturated rings. The quantitative estimate of drug-likeness (QED) is 0.614. The van der Waals surface area contributed by atoms with Crippen LogP contribution in [0.3, 0.4) is 0 Å². The van der Waals surface area contributed by atoms with E-state index in [2.05, 4.69) is 0 Å². The van der Waals surface area contributed by atoms with Crippen LogP contribution in [0.1, 0.15) is 25.3 Å². The molecule has 1 aromatic carbocycles. The van der Waals surface area contributed by atoms with Gasteiger partial charge in [0.05, 0.1) is 0 Å². The predicted octanol–water partition coefficient (Wildman–Crippen LogP) is 1.85. The van der Waals surface area contributed by atoms with E-state index in [1.165, 1.54) is 13.0 Å². The van der Waals surface area contributed by atoms with Crippen LogP contribution in [0.5, 0.6) is 5.75 Å². The van der Waals surface area contributed by atoms with Gasteiger partial charge in [-0.2, -0.15) is 0 Å². The highest BCUT2D eigenvalue weighted by molar-refractivity contribution is 5.69. The normalized spacial score (nSPS) is 12.3. The van der Waals surface area contributed by atoms with E-state index >= 15 is 0 Å². The lowest BCUT2D eigenvalue weighted by Gasteiger charge is -2.10. The number of esters is 1. The average molecular weight is 212 g/mol. The maximum Gasteiger partial charge on any atom is 0.308 e. The molecule has 0 spiro atoms. The first-order chi connectivity index (χ1) is 7.02. The minimum Gasteiger partial charge on any atom is -0.427 e. The minimum atomic E-state index is -0.497. The van der Waals surface area contributed by atoms with Crippen molar-refractivity contribution in [2.75, 3.05) is 6.61 Å². The number of aliphatic hydroxyl groups is 1. The lowest BCUT2D eigenvalue weighted by molar-refractivity contribution is -0.131. The van der Waals surface area contributed by atoms with Crippen LogP contribution in [0.25, 0.3) is 0 Å². The first-order valence-corrected chi connectivity index (χ1v) is 4.62. The summed E-state index contributed by atoms with van der Waals surface area (Å²) >= 11 is 0. The highest BCUT2D eigenvalue weighted by atomic mass is 19.1. The smallest absolute Gasteiger partial charge is 0.308 e. The van der Waals surface area contributed by atoms with Gasteiger partial charge in [0.2, 0.25) is 0 Å². The van der Waals surface area contributed by atoms with Crippen LogP contribution in [-0.4, -0.2) is 17.7 Å². The van der Waals surface area contributed by atoms with Gasteiger partial charge in [-0.3, -0.25) is 4.79 Å². The Morgan fingerprint density at radius 3 is 2.73 bits per heavy atom. The topological polar surface area (TPSA) is 46.5 Å². The molecule has 0 aliphatic rings. The van der Waals surface area contributed by atoms with Crippen molar-refractivity contribution in [2.45, 2.75) is 19.8 Å². The summed E-state index contributed by atoms with van der Waals surface area (Å²) in [4.78, 5) is 10.7. The highest BCUT2D eigenvalue weighted by Crippen LogP contribution is 2.22. The van der Waals surface area contributed by atoms with Crippen LogP contribution in [0, 0.1) is 5.82 Å². The van der Waals surface area contributed by atoms with Gasteiger partial charge in [-0.1, -0.05) is 6.92 Å². The Morgan fingerprint density at radius 1 is 1.53 bits per heavy atom. The molecule has 0 aromatic heterocycles. The monoisotopic (exact) mass is 212 g/mol. The summed E-state index contributed by atoms with van der Waals surface area (Å²) in [6, 6.07) is 3.99. The van der Waals surface area contributed by atoms with E-state index in [1.807, 2.05) is 0 Å². The molecule has 0 radical (unpaired) electrons. The van der Waals surface area contributed by atoms with Gasteiger partial charge in [-0.05, 0) is 17.7 Å². The van der Waals surface area contributed by atoms with Gasteiger partial charge in [0.25, 0.3) is 0 Å². The second-order valence-corrected chi connectivity index (χ2v) is 3.40. The molecule has 1 atom stereocenters. The van der Waals surface area contributed by atoms with E-state index < -0.39 is 11.8 Å². The van der Waals surface area contributed by atoms with E-state index in [0.717, 1.165) is 6.07 Å². The first-order valence-electron chi connectivity index (χ1n) is 4.62. The van der Waals surface area contributed by atoms with E-state index in [0.29, 0.717) is 5.56 Å². The maximum atomic E-state index is 13.1. The van der Waals surface area contributed by atoms with Gasteiger partial charge in [0.1, 0.15) is 11.6 Å².